The Labute approximate surface area is 127 Å². The first kappa shape index (κ1) is 15.0. The zero-order valence-corrected chi connectivity index (χ0v) is 11.6. The Hall–Kier alpha value is -3.35. The molecule has 0 radical (unpaired) electrons. The topological polar surface area (TPSA) is 116 Å². The maximum absolute atomic E-state index is 9.54. The summed E-state index contributed by atoms with van der Waals surface area (Å²) in [6, 6.07) is 13.4. The highest BCUT2D eigenvalue weighted by Crippen LogP contribution is 2.13. The summed E-state index contributed by atoms with van der Waals surface area (Å²) in [7, 11) is 0. The van der Waals surface area contributed by atoms with Crippen molar-refractivity contribution < 1.29 is 10.2 Å². The molecule has 0 heterocycles. The first-order chi connectivity index (χ1) is 10.7. The molecule has 112 valence electrons. The monoisotopic (exact) mass is 297 g/mol. The lowest BCUT2D eigenvalue weighted by molar-refractivity contribution is 0.474. The summed E-state index contributed by atoms with van der Waals surface area (Å²) in [4.78, 5) is 0. The summed E-state index contributed by atoms with van der Waals surface area (Å²) in [5.41, 5.74) is 9.10. The molecule has 0 saturated heterocycles. The molecule has 2 rings (SSSR count). The third-order valence-electron chi connectivity index (χ3n) is 2.62. The van der Waals surface area contributed by atoms with E-state index in [1.54, 1.807) is 48.5 Å². The molecule has 2 aromatic rings. The molecular formula is C15H15N5O2. The van der Waals surface area contributed by atoms with Gasteiger partial charge in [0.05, 0.1) is 12.4 Å². The van der Waals surface area contributed by atoms with Crippen molar-refractivity contribution in [2.75, 3.05) is 0 Å². The van der Waals surface area contributed by atoms with Gasteiger partial charge in [-0.05, 0) is 24.3 Å². The van der Waals surface area contributed by atoms with E-state index in [9.17, 15) is 10.2 Å². The summed E-state index contributed by atoms with van der Waals surface area (Å²) in [6.45, 7) is 0. The number of para-hydroxylation sites is 2. The molecule has 22 heavy (non-hydrogen) atoms. The van der Waals surface area contributed by atoms with Gasteiger partial charge in [0, 0.05) is 11.1 Å². The van der Waals surface area contributed by atoms with Crippen LogP contribution in [0.25, 0.3) is 0 Å². The predicted octanol–water partition coefficient (Wildman–Crippen LogP) is 1.37. The molecule has 0 bridgehead atoms. The van der Waals surface area contributed by atoms with Crippen molar-refractivity contribution in [3.05, 3.63) is 59.7 Å². The number of nitrogens with zero attached hydrogens (tertiary/aromatic N) is 3. The molecule has 0 atom stereocenters. The number of nitrogens with one attached hydrogen (secondary N) is 1. The van der Waals surface area contributed by atoms with Crippen LogP contribution in [0.2, 0.25) is 0 Å². The Bertz CT molecular complexity index is 725. The van der Waals surface area contributed by atoms with Gasteiger partial charge in [0.1, 0.15) is 11.5 Å². The molecule has 0 aliphatic carbocycles. The Morgan fingerprint density at radius 3 is 2.05 bits per heavy atom. The van der Waals surface area contributed by atoms with Gasteiger partial charge in [-0.15, -0.1) is 5.10 Å². The van der Waals surface area contributed by atoms with Crippen LogP contribution in [0, 0.1) is 0 Å². The van der Waals surface area contributed by atoms with Crippen molar-refractivity contribution in [3.63, 3.8) is 0 Å². The van der Waals surface area contributed by atoms with Crippen LogP contribution in [0.1, 0.15) is 11.1 Å². The van der Waals surface area contributed by atoms with Gasteiger partial charge in [-0.2, -0.15) is 10.2 Å². The van der Waals surface area contributed by atoms with E-state index in [-0.39, 0.29) is 17.5 Å². The van der Waals surface area contributed by atoms with E-state index >= 15 is 0 Å². The van der Waals surface area contributed by atoms with Crippen molar-refractivity contribution in [2.24, 2.45) is 21.0 Å². The van der Waals surface area contributed by atoms with Crippen LogP contribution in [0.3, 0.4) is 0 Å². The Morgan fingerprint density at radius 1 is 0.909 bits per heavy atom. The number of hydrogen-bond acceptors (Lipinski definition) is 5. The zero-order chi connectivity index (χ0) is 15.8. The minimum atomic E-state index is -0.0293. The van der Waals surface area contributed by atoms with Gasteiger partial charge in [-0.3, -0.25) is 0 Å². The second-order valence-corrected chi connectivity index (χ2v) is 4.22. The zero-order valence-electron chi connectivity index (χ0n) is 11.6. The lowest BCUT2D eigenvalue weighted by Crippen LogP contribution is -2.26. The summed E-state index contributed by atoms with van der Waals surface area (Å²) >= 11 is 0. The van der Waals surface area contributed by atoms with Crippen LogP contribution in [-0.2, 0) is 0 Å². The number of benzene rings is 2. The molecule has 2 aromatic carbocycles. The van der Waals surface area contributed by atoms with Gasteiger partial charge < -0.3 is 15.9 Å². The quantitative estimate of drug-likeness (QED) is 0.387. The fourth-order valence-electron chi connectivity index (χ4n) is 1.54. The van der Waals surface area contributed by atoms with Crippen LogP contribution in [-0.4, -0.2) is 28.6 Å². The van der Waals surface area contributed by atoms with Crippen molar-refractivity contribution >= 4 is 18.4 Å². The number of rotatable bonds is 4. The molecule has 5 N–H and O–H groups in total. The van der Waals surface area contributed by atoms with Crippen molar-refractivity contribution in [1.82, 2.24) is 5.43 Å². The highest BCUT2D eigenvalue weighted by molar-refractivity contribution is 5.86. The second-order valence-electron chi connectivity index (χ2n) is 4.22. The minimum absolute atomic E-state index is 0.0293. The second kappa shape index (κ2) is 7.44. The number of nitrogens with two attached hydrogens (primary N) is 1. The number of hydrazone groups is 1. The van der Waals surface area contributed by atoms with Crippen LogP contribution in [0.15, 0.2) is 63.8 Å². The van der Waals surface area contributed by atoms with Crippen LogP contribution < -0.4 is 11.2 Å². The highest BCUT2D eigenvalue weighted by atomic mass is 16.3. The molecule has 0 spiro atoms. The van der Waals surface area contributed by atoms with E-state index in [2.05, 4.69) is 20.7 Å². The average molecular weight is 297 g/mol. The molecule has 7 heteroatoms. The van der Waals surface area contributed by atoms with Crippen molar-refractivity contribution in [2.45, 2.75) is 0 Å². The highest BCUT2D eigenvalue weighted by Gasteiger charge is 1.95. The standard InChI is InChI=1S/C15H15N5O2/c16-15(19-17-9-11-5-1-3-7-13(11)21)20-18-10-12-6-2-4-8-14(12)22/h1-10,21-22H,(H3,16,19,20). The molecule has 0 amide bonds. The van der Waals surface area contributed by atoms with E-state index in [1.807, 2.05) is 0 Å². The number of guanidine groups is 1. The Kier molecular flexibility index (Phi) is 5.09. The van der Waals surface area contributed by atoms with Gasteiger partial charge in [-0.25, -0.2) is 5.43 Å². The fourth-order valence-corrected chi connectivity index (χ4v) is 1.54. The largest absolute Gasteiger partial charge is 0.507 e. The number of phenolic OH excluding ortho intramolecular Hbond substituents is 2. The first-order valence-corrected chi connectivity index (χ1v) is 6.38. The van der Waals surface area contributed by atoms with Gasteiger partial charge in [0.25, 0.3) is 0 Å². The maximum Gasteiger partial charge on any atom is 0.234 e. The molecule has 0 saturated carbocycles. The number of phenols is 2. The molecule has 0 aliphatic heterocycles. The van der Waals surface area contributed by atoms with Gasteiger partial charge in [0.2, 0.25) is 5.96 Å². The lowest BCUT2D eigenvalue weighted by atomic mass is 10.2. The first-order valence-electron chi connectivity index (χ1n) is 6.38. The van der Waals surface area contributed by atoms with E-state index in [4.69, 9.17) is 5.73 Å². The third kappa shape index (κ3) is 4.34. The molecule has 7 nitrogen and oxygen atoms in total. The van der Waals surface area contributed by atoms with E-state index < -0.39 is 0 Å². The molecular weight excluding hydrogens is 282 g/mol. The Balaban J connectivity index is 1.93. The smallest absolute Gasteiger partial charge is 0.234 e. The van der Waals surface area contributed by atoms with Gasteiger partial charge >= 0.3 is 0 Å². The van der Waals surface area contributed by atoms with E-state index in [1.165, 1.54) is 12.4 Å². The molecule has 0 unspecified atom stereocenters. The normalized spacial score (nSPS) is 12.1. The predicted molar refractivity (Wildman–Crippen MR) is 86.2 cm³/mol. The molecule has 0 aliphatic rings. The minimum Gasteiger partial charge on any atom is -0.507 e. The van der Waals surface area contributed by atoms with E-state index in [0.29, 0.717) is 11.1 Å². The van der Waals surface area contributed by atoms with Crippen molar-refractivity contribution in [3.8, 4) is 11.5 Å². The maximum atomic E-state index is 9.54. The van der Waals surface area contributed by atoms with Gasteiger partial charge in [0.15, 0.2) is 0 Å². The van der Waals surface area contributed by atoms with Crippen LogP contribution in [0.4, 0.5) is 0 Å². The van der Waals surface area contributed by atoms with Crippen LogP contribution >= 0.6 is 0 Å². The lowest BCUT2D eigenvalue weighted by Gasteiger charge is -1.98. The Morgan fingerprint density at radius 2 is 1.45 bits per heavy atom. The fraction of sp³-hybridized carbons (Fsp3) is 0. The van der Waals surface area contributed by atoms with Crippen molar-refractivity contribution in [1.29, 1.82) is 0 Å². The molecule has 0 aromatic heterocycles. The molecule has 0 fully saturated rings. The van der Waals surface area contributed by atoms with Crippen LogP contribution in [0.5, 0.6) is 11.5 Å². The number of aromatic hydroxyl groups is 2. The SMILES string of the molecule is NC(=NN=Cc1ccccc1O)NN=Cc1ccccc1O. The average Bonchev–Trinajstić information content (AvgIpc) is 2.51. The summed E-state index contributed by atoms with van der Waals surface area (Å²) < 4.78 is 0. The third-order valence-corrected chi connectivity index (χ3v) is 2.62. The summed E-state index contributed by atoms with van der Waals surface area (Å²) in [5, 5.41) is 30.3. The number of hydrogen-bond donors (Lipinski definition) is 4. The van der Waals surface area contributed by atoms with Gasteiger partial charge in [-0.1, -0.05) is 24.3 Å². The van der Waals surface area contributed by atoms with E-state index in [0.717, 1.165) is 0 Å². The summed E-state index contributed by atoms with van der Waals surface area (Å²) in [6.07, 6.45) is 2.78. The summed E-state index contributed by atoms with van der Waals surface area (Å²) in [5.74, 6) is 0.185.